The number of aliphatic hydroxyl groups is 1. The standard InChI is InChI=1S/C37H48N4O6S2/c1-4-31(43)47-37(34(45)48-14-13-38)12-10-28-27-9-8-24-17-29(23(20-39)18-35(24,2)32(27)30(42)19-36(28,37)3)40-25-7-5-6-22(16-25)33(44)41-26-11-15-49(46)21-26/h5-7,13,16-17,20,26-28,30,32,38-40,42H,4,8-12,14-15,18-19,21H2,1-3H3,(H,41,44)/p+1/t26?,27-,28?,30-,32?,35-,36-,37-,49?/m0/s1. The van der Waals surface area contributed by atoms with E-state index in [1.165, 1.54) is 18.0 Å². The van der Waals surface area contributed by atoms with Crippen LogP contribution in [0.5, 0.6) is 0 Å². The third kappa shape index (κ3) is 6.31. The van der Waals surface area contributed by atoms with E-state index in [1.807, 2.05) is 30.4 Å². The van der Waals surface area contributed by atoms with Gasteiger partial charge in [-0.25, -0.2) is 0 Å². The lowest BCUT2D eigenvalue weighted by molar-refractivity contribution is -0.513. The zero-order valence-electron chi connectivity index (χ0n) is 28.6. The molecular formula is C37H49N4O6S2+. The van der Waals surface area contributed by atoms with E-state index >= 15 is 0 Å². The van der Waals surface area contributed by atoms with Crippen LogP contribution in [0.1, 0.15) is 82.5 Å². The van der Waals surface area contributed by atoms with Gasteiger partial charge in [-0.3, -0.25) is 23.9 Å². The van der Waals surface area contributed by atoms with Gasteiger partial charge in [-0.15, -0.1) is 0 Å². The molecule has 5 aliphatic rings. The number of quaternary nitrogens is 1. The first-order valence-electron chi connectivity index (χ1n) is 17.5. The van der Waals surface area contributed by atoms with Gasteiger partial charge in [-0.05, 0) is 86.3 Å². The second kappa shape index (κ2) is 14.0. The summed E-state index contributed by atoms with van der Waals surface area (Å²) in [6, 6.07) is 7.36. The summed E-state index contributed by atoms with van der Waals surface area (Å²) in [7, 11) is -0.875. The molecule has 1 aromatic carbocycles. The van der Waals surface area contributed by atoms with Gasteiger partial charge in [0.1, 0.15) is 11.4 Å². The van der Waals surface area contributed by atoms with Crippen molar-refractivity contribution >= 4 is 57.7 Å². The molecule has 0 bridgehead atoms. The Bertz CT molecular complexity index is 1640. The van der Waals surface area contributed by atoms with Crippen molar-refractivity contribution in [3.05, 3.63) is 52.7 Å². The largest absolute Gasteiger partial charge is 0.449 e. The Morgan fingerprint density at radius 3 is 2.69 bits per heavy atom. The summed E-state index contributed by atoms with van der Waals surface area (Å²) < 4.78 is 17.9. The number of carbonyl (C=O) groups excluding carboxylic acids is 3. The van der Waals surface area contributed by atoms with Crippen LogP contribution in [0, 0.1) is 39.4 Å². The van der Waals surface area contributed by atoms with Crippen LogP contribution >= 0.6 is 11.8 Å². The van der Waals surface area contributed by atoms with E-state index < -0.39 is 33.9 Å². The van der Waals surface area contributed by atoms with Crippen molar-refractivity contribution in [1.82, 2.24) is 5.32 Å². The Labute approximate surface area is 295 Å². The third-order valence-corrected chi connectivity index (χ3v) is 14.7. The lowest BCUT2D eigenvalue weighted by Gasteiger charge is -2.60. The Hall–Kier alpha value is -2.93. The van der Waals surface area contributed by atoms with E-state index in [-0.39, 0.29) is 52.4 Å². The number of hydrogen-bond acceptors (Lipinski definition) is 9. The fraction of sp³-hybridized carbons (Fsp3) is 0.595. The number of esters is 1. The molecule has 4 fully saturated rings. The van der Waals surface area contributed by atoms with E-state index in [1.54, 1.807) is 13.0 Å². The summed E-state index contributed by atoms with van der Waals surface area (Å²) in [5.41, 5.74) is 1.98. The normalized spacial score (nSPS) is 36.5. The SMILES string of the molecule is CCC(=O)O[C@]1(C(=O)SCC=N)CCC2[C@@H]3CCC4=CC([NH2+]c5cccc(C(=O)NC6CCS(=O)C6)c5)=C(C=N)C[C@]4(C)C3[C@@H](O)C[C@@]21C. The number of rotatable bonds is 10. The predicted octanol–water partition coefficient (Wildman–Crippen LogP) is 4.18. The number of carbonyl (C=O) groups is 3. The topological polar surface area (TPSA) is 174 Å². The van der Waals surface area contributed by atoms with E-state index in [9.17, 15) is 23.7 Å². The average Bonchev–Trinajstić information content (AvgIpc) is 3.62. The highest BCUT2D eigenvalue weighted by Gasteiger charge is 2.70. The van der Waals surface area contributed by atoms with E-state index in [0.717, 1.165) is 54.4 Å². The molecule has 0 radical (unpaired) electrons. The molecule has 1 saturated heterocycles. The maximum atomic E-state index is 13.8. The third-order valence-electron chi connectivity index (χ3n) is 12.3. The van der Waals surface area contributed by atoms with Crippen LogP contribution < -0.4 is 10.6 Å². The van der Waals surface area contributed by atoms with Crippen LogP contribution in [-0.4, -0.2) is 73.7 Å². The molecule has 1 aliphatic heterocycles. The minimum atomic E-state index is -1.34. The molecule has 1 heterocycles. The highest BCUT2D eigenvalue weighted by Crippen LogP contribution is 2.69. The van der Waals surface area contributed by atoms with E-state index in [0.29, 0.717) is 36.3 Å². The van der Waals surface area contributed by atoms with Crippen LogP contribution in [-0.2, 0) is 25.1 Å². The number of benzene rings is 1. The fourth-order valence-electron chi connectivity index (χ4n) is 10.0. The number of amides is 1. The Morgan fingerprint density at radius 2 is 2.00 bits per heavy atom. The van der Waals surface area contributed by atoms with Crippen molar-refractivity contribution in [3.8, 4) is 0 Å². The van der Waals surface area contributed by atoms with Gasteiger partial charge in [0.25, 0.3) is 5.91 Å². The minimum Gasteiger partial charge on any atom is -0.449 e. The summed E-state index contributed by atoms with van der Waals surface area (Å²) in [4.78, 5) is 39.6. The van der Waals surface area contributed by atoms with Gasteiger partial charge in [0.2, 0.25) is 5.12 Å². The number of nitrogens with one attached hydrogen (secondary N) is 3. The first-order chi connectivity index (χ1) is 23.4. The van der Waals surface area contributed by atoms with Crippen molar-refractivity contribution < 1.29 is 33.8 Å². The molecule has 264 valence electrons. The second-order valence-corrected chi connectivity index (χ2v) is 17.6. The van der Waals surface area contributed by atoms with Crippen molar-refractivity contribution in [2.24, 2.45) is 28.6 Å². The Morgan fingerprint density at radius 1 is 1.20 bits per heavy atom. The smallest absolute Gasteiger partial charge is 0.306 e. The van der Waals surface area contributed by atoms with Gasteiger partial charge < -0.3 is 26.0 Å². The number of thioether (sulfide) groups is 1. The highest BCUT2D eigenvalue weighted by atomic mass is 32.2. The molecule has 6 rings (SSSR count). The van der Waals surface area contributed by atoms with E-state index in [2.05, 4.69) is 18.3 Å². The molecule has 1 amide bonds. The quantitative estimate of drug-likeness (QED) is 0.138. The van der Waals surface area contributed by atoms with Gasteiger partial charge in [0.15, 0.2) is 5.60 Å². The molecular weight excluding hydrogens is 661 g/mol. The molecule has 49 heavy (non-hydrogen) atoms. The van der Waals surface area contributed by atoms with Crippen molar-refractivity contribution in [2.45, 2.75) is 89.9 Å². The van der Waals surface area contributed by atoms with Gasteiger partial charge >= 0.3 is 5.97 Å². The maximum Gasteiger partial charge on any atom is 0.306 e. The molecule has 0 aromatic heterocycles. The Kier molecular flexibility index (Phi) is 10.3. The summed E-state index contributed by atoms with van der Waals surface area (Å²) in [5, 5.41) is 32.8. The van der Waals surface area contributed by atoms with Crippen molar-refractivity contribution in [3.63, 3.8) is 0 Å². The number of allylic oxidation sites excluding steroid dienone is 3. The monoisotopic (exact) mass is 709 g/mol. The molecule has 3 saturated carbocycles. The van der Waals surface area contributed by atoms with Crippen LogP contribution in [0.3, 0.4) is 0 Å². The fourth-order valence-corrected chi connectivity index (χ4v) is 12.3. The summed E-state index contributed by atoms with van der Waals surface area (Å²) in [5.74, 6) is 0.833. The Balaban J connectivity index is 1.24. The van der Waals surface area contributed by atoms with Gasteiger partial charge in [0.05, 0.1) is 6.10 Å². The number of ether oxygens (including phenoxy) is 1. The first kappa shape index (κ1) is 35.9. The van der Waals surface area contributed by atoms with Crippen molar-refractivity contribution in [2.75, 3.05) is 17.3 Å². The predicted molar refractivity (Wildman–Crippen MR) is 191 cm³/mol. The van der Waals surface area contributed by atoms with Gasteiger partial charge in [0, 0.05) is 75.6 Å². The summed E-state index contributed by atoms with van der Waals surface area (Å²) in [6.07, 6.45) is 8.67. The molecule has 0 spiro atoms. The lowest BCUT2D eigenvalue weighted by atomic mass is 9.45. The molecule has 10 nitrogen and oxygen atoms in total. The number of hydrogen-bond donors (Lipinski definition) is 5. The zero-order chi connectivity index (χ0) is 35.1. The molecule has 1 aromatic rings. The minimum absolute atomic E-state index is 0.0733. The summed E-state index contributed by atoms with van der Waals surface area (Å²) in [6.45, 7) is 5.97. The molecule has 6 N–H and O–H groups in total. The number of fused-ring (bicyclic) bond motifs is 5. The number of nitrogens with two attached hydrogens (primary N) is 1. The first-order valence-corrected chi connectivity index (χ1v) is 20.0. The summed E-state index contributed by atoms with van der Waals surface area (Å²) >= 11 is 1.02. The zero-order valence-corrected chi connectivity index (χ0v) is 30.2. The van der Waals surface area contributed by atoms with Crippen LogP contribution in [0.25, 0.3) is 0 Å². The second-order valence-electron chi connectivity index (χ2n) is 14.9. The molecule has 12 heteroatoms. The molecule has 9 atom stereocenters. The molecule has 4 aliphatic carbocycles. The van der Waals surface area contributed by atoms with Gasteiger partial charge in [-0.2, -0.15) is 0 Å². The van der Waals surface area contributed by atoms with Gasteiger partial charge in [-0.1, -0.05) is 44.2 Å². The lowest BCUT2D eigenvalue weighted by Crippen LogP contribution is -2.76. The van der Waals surface area contributed by atoms with Crippen molar-refractivity contribution in [1.29, 1.82) is 10.8 Å². The van der Waals surface area contributed by atoms with Crippen LogP contribution in [0.15, 0.2) is 47.2 Å². The number of aliphatic hydroxyl groups excluding tert-OH is 1. The van der Waals surface area contributed by atoms with Crippen LogP contribution in [0.2, 0.25) is 0 Å². The molecule has 4 unspecified atom stereocenters. The van der Waals surface area contributed by atoms with E-state index in [4.69, 9.17) is 15.6 Å². The average molecular weight is 710 g/mol. The highest BCUT2D eigenvalue weighted by molar-refractivity contribution is 8.14. The van der Waals surface area contributed by atoms with Crippen LogP contribution in [0.4, 0.5) is 5.69 Å². The maximum absolute atomic E-state index is 13.8.